The van der Waals surface area contributed by atoms with Crippen molar-refractivity contribution >= 4 is 0 Å². The Kier molecular flexibility index (Phi) is 6.32. The number of ether oxygens (including phenoxy) is 1. The Bertz CT molecular complexity index is 308. The van der Waals surface area contributed by atoms with Crippen LogP contribution in [0.3, 0.4) is 0 Å². The number of nitrogens with zero attached hydrogens (tertiary/aromatic N) is 1. The first-order valence-corrected chi connectivity index (χ1v) is 8.11. The normalized spacial score (nSPS) is 28.0. The lowest BCUT2D eigenvalue weighted by Crippen LogP contribution is -2.57. The summed E-state index contributed by atoms with van der Waals surface area (Å²) >= 11 is 0. The molecule has 0 aromatic heterocycles. The summed E-state index contributed by atoms with van der Waals surface area (Å²) in [6.07, 6.45) is 1.39. The van der Waals surface area contributed by atoms with Crippen LogP contribution >= 0.6 is 0 Å². The zero-order valence-corrected chi connectivity index (χ0v) is 12.8. The van der Waals surface area contributed by atoms with Crippen molar-refractivity contribution in [3.63, 3.8) is 0 Å². The smallest absolute Gasteiger partial charge is 0.372 e. The Labute approximate surface area is 125 Å². The first-order chi connectivity index (χ1) is 9.99. The molecular weight excluding hydrogens is 281 g/mol. The molecule has 0 aromatic carbocycles. The van der Waals surface area contributed by atoms with E-state index in [4.69, 9.17) is 4.74 Å². The van der Waals surface area contributed by atoms with Gasteiger partial charge in [0.2, 0.25) is 0 Å². The van der Waals surface area contributed by atoms with Crippen LogP contribution in [-0.2, 0) is 4.74 Å². The van der Waals surface area contributed by atoms with Crippen molar-refractivity contribution in [2.24, 2.45) is 5.92 Å². The van der Waals surface area contributed by atoms with Crippen molar-refractivity contribution in [1.29, 1.82) is 0 Å². The summed E-state index contributed by atoms with van der Waals surface area (Å²) in [5.74, 6) is 0.788. The van der Waals surface area contributed by atoms with Gasteiger partial charge in [-0.25, -0.2) is 0 Å². The Morgan fingerprint density at radius 1 is 1.29 bits per heavy atom. The number of piperazine rings is 1. The predicted octanol–water partition coefficient (Wildman–Crippen LogP) is 2.81. The second-order valence-corrected chi connectivity index (χ2v) is 6.31. The molecule has 0 bridgehead atoms. The third-order valence-corrected chi connectivity index (χ3v) is 4.34. The molecule has 1 aliphatic heterocycles. The molecule has 124 valence electrons. The van der Waals surface area contributed by atoms with Gasteiger partial charge in [0.15, 0.2) is 0 Å². The van der Waals surface area contributed by atoms with E-state index in [0.717, 1.165) is 32.0 Å². The molecule has 21 heavy (non-hydrogen) atoms. The average molecular weight is 308 g/mol. The molecule has 2 atom stereocenters. The molecule has 2 rings (SSSR count). The molecule has 3 nitrogen and oxygen atoms in total. The molecule has 1 N–H and O–H groups in total. The molecule has 2 unspecified atom stereocenters. The van der Waals surface area contributed by atoms with Crippen LogP contribution in [0.25, 0.3) is 0 Å². The maximum Gasteiger partial charge on any atom is 0.411 e. The predicted molar refractivity (Wildman–Crippen MR) is 76.3 cm³/mol. The van der Waals surface area contributed by atoms with Gasteiger partial charge < -0.3 is 10.1 Å². The molecular formula is C15H27F3N2O. The highest BCUT2D eigenvalue weighted by Gasteiger charge is 2.38. The number of nitrogens with one attached hydrogen (secondary N) is 1. The highest BCUT2D eigenvalue weighted by atomic mass is 19.4. The van der Waals surface area contributed by atoms with Crippen LogP contribution in [0.2, 0.25) is 0 Å². The summed E-state index contributed by atoms with van der Waals surface area (Å²) in [7, 11) is 0. The van der Waals surface area contributed by atoms with Gasteiger partial charge in [-0.05, 0) is 31.6 Å². The van der Waals surface area contributed by atoms with Gasteiger partial charge in [0, 0.05) is 38.3 Å². The maximum atomic E-state index is 12.0. The standard InChI is InChI=1S/C15H27F3N2O/c1-2-4-13-10-20(14(9-19-13)12-5-6-12)7-3-8-21-11-15(16,17)18/h12-14,19H,2-11H2,1H3. The van der Waals surface area contributed by atoms with Crippen LogP contribution in [0.5, 0.6) is 0 Å². The van der Waals surface area contributed by atoms with E-state index in [1.54, 1.807) is 0 Å². The Morgan fingerprint density at radius 3 is 2.67 bits per heavy atom. The van der Waals surface area contributed by atoms with Gasteiger partial charge in [0.05, 0.1) is 0 Å². The fraction of sp³-hybridized carbons (Fsp3) is 1.00. The van der Waals surface area contributed by atoms with E-state index in [2.05, 4.69) is 17.1 Å². The number of rotatable bonds is 8. The third-order valence-electron chi connectivity index (χ3n) is 4.34. The van der Waals surface area contributed by atoms with Crippen molar-refractivity contribution in [1.82, 2.24) is 10.2 Å². The van der Waals surface area contributed by atoms with Crippen LogP contribution in [0.15, 0.2) is 0 Å². The van der Waals surface area contributed by atoms with Crippen molar-refractivity contribution in [2.75, 3.05) is 32.8 Å². The van der Waals surface area contributed by atoms with Gasteiger partial charge in [-0.1, -0.05) is 13.3 Å². The molecule has 1 saturated heterocycles. The Balaban J connectivity index is 1.69. The van der Waals surface area contributed by atoms with Gasteiger partial charge in [-0.3, -0.25) is 4.90 Å². The molecule has 1 heterocycles. The fourth-order valence-electron chi connectivity index (χ4n) is 3.20. The highest BCUT2D eigenvalue weighted by Crippen LogP contribution is 2.36. The number of hydrogen-bond acceptors (Lipinski definition) is 3. The second-order valence-electron chi connectivity index (χ2n) is 6.31. The largest absolute Gasteiger partial charge is 0.411 e. The summed E-state index contributed by atoms with van der Waals surface area (Å²) in [4.78, 5) is 2.48. The maximum absolute atomic E-state index is 12.0. The van der Waals surface area contributed by atoms with Crippen LogP contribution in [0.4, 0.5) is 13.2 Å². The quantitative estimate of drug-likeness (QED) is 0.698. The highest BCUT2D eigenvalue weighted by molar-refractivity contribution is 4.94. The van der Waals surface area contributed by atoms with E-state index in [-0.39, 0.29) is 6.61 Å². The summed E-state index contributed by atoms with van der Waals surface area (Å²) in [5.41, 5.74) is 0. The number of halogens is 3. The molecule has 0 radical (unpaired) electrons. The summed E-state index contributed by atoms with van der Waals surface area (Å²) < 4.78 is 40.7. The molecule has 1 aliphatic carbocycles. The van der Waals surface area contributed by atoms with E-state index in [1.807, 2.05) is 0 Å². The van der Waals surface area contributed by atoms with Crippen molar-refractivity contribution < 1.29 is 17.9 Å². The topological polar surface area (TPSA) is 24.5 Å². The molecule has 0 spiro atoms. The summed E-state index contributed by atoms with van der Waals surface area (Å²) in [6.45, 7) is 4.15. The Hall–Kier alpha value is -0.330. The monoisotopic (exact) mass is 308 g/mol. The van der Waals surface area contributed by atoms with Gasteiger partial charge in [0.1, 0.15) is 6.61 Å². The molecule has 2 aliphatic rings. The summed E-state index contributed by atoms with van der Waals surface area (Å²) in [5, 5.41) is 3.62. The van der Waals surface area contributed by atoms with Gasteiger partial charge >= 0.3 is 6.18 Å². The zero-order valence-electron chi connectivity index (χ0n) is 12.8. The lowest BCUT2D eigenvalue weighted by atomic mass is 10.0. The minimum Gasteiger partial charge on any atom is -0.372 e. The molecule has 1 saturated carbocycles. The van der Waals surface area contributed by atoms with Crippen LogP contribution in [0, 0.1) is 5.92 Å². The second kappa shape index (κ2) is 7.79. The first kappa shape index (κ1) is 17.0. The SMILES string of the molecule is CCCC1CN(CCCOCC(F)(F)F)C(C2CC2)CN1. The Morgan fingerprint density at radius 2 is 2.05 bits per heavy atom. The van der Waals surface area contributed by atoms with Crippen molar-refractivity contribution in [3.05, 3.63) is 0 Å². The van der Waals surface area contributed by atoms with E-state index >= 15 is 0 Å². The van der Waals surface area contributed by atoms with E-state index in [9.17, 15) is 13.2 Å². The van der Waals surface area contributed by atoms with Crippen molar-refractivity contribution in [3.8, 4) is 0 Å². The van der Waals surface area contributed by atoms with Crippen LogP contribution in [0.1, 0.15) is 39.0 Å². The molecule has 0 amide bonds. The number of alkyl halides is 3. The van der Waals surface area contributed by atoms with E-state index in [0.29, 0.717) is 18.5 Å². The molecule has 0 aromatic rings. The van der Waals surface area contributed by atoms with Gasteiger partial charge in [-0.2, -0.15) is 13.2 Å². The van der Waals surface area contributed by atoms with Crippen LogP contribution in [-0.4, -0.2) is 56.0 Å². The van der Waals surface area contributed by atoms with Crippen molar-refractivity contribution in [2.45, 2.75) is 57.3 Å². The van der Waals surface area contributed by atoms with Crippen LogP contribution < -0.4 is 5.32 Å². The third kappa shape index (κ3) is 6.12. The first-order valence-electron chi connectivity index (χ1n) is 8.11. The van der Waals surface area contributed by atoms with Gasteiger partial charge in [0.25, 0.3) is 0 Å². The summed E-state index contributed by atoms with van der Waals surface area (Å²) in [6, 6.07) is 1.10. The lowest BCUT2D eigenvalue weighted by Gasteiger charge is -2.41. The molecule has 6 heteroatoms. The van der Waals surface area contributed by atoms with E-state index < -0.39 is 12.8 Å². The van der Waals surface area contributed by atoms with Gasteiger partial charge in [-0.15, -0.1) is 0 Å². The van der Waals surface area contributed by atoms with E-state index in [1.165, 1.54) is 19.3 Å². The lowest BCUT2D eigenvalue weighted by molar-refractivity contribution is -0.174. The average Bonchev–Trinajstić information content (AvgIpc) is 3.22. The number of hydrogen-bond donors (Lipinski definition) is 1. The fourth-order valence-corrected chi connectivity index (χ4v) is 3.20. The molecule has 2 fully saturated rings. The zero-order chi connectivity index (χ0) is 15.3. The minimum atomic E-state index is -4.21. The minimum absolute atomic E-state index is 0.194.